The molecule has 27 heavy (non-hydrogen) atoms. The Morgan fingerprint density at radius 2 is 1.70 bits per heavy atom. The minimum absolute atomic E-state index is 0.0656. The van der Waals surface area contributed by atoms with E-state index in [2.05, 4.69) is 5.32 Å². The molecule has 1 atom stereocenters. The zero-order chi connectivity index (χ0) is 20.8. The van der Waals surface area contributed by atoms with Gasteiger partial charge in [-0.05, 0) is 70.4 Å². The first-order valence-electron chi connectivity index (χ1n) is 8.98. The maximum atomic E-state index is 12.3. The van der Waals surface area contributed by atoms with Crippen molar-refractivity contribution in [1.82, 2.24) is 5.32 Å². The number of nitrogens with two attached hydrogens (primary N) is 1. The predicted octanol–water partition coefficient (Wildman–Crippen LogP) is 2.44. The summed E-state index contributed by atoms with van der Waals surface area (Å²) in [6.45, 7) is 10.8. The van der Waals surface area contributed by atoms with E-state index in [1.807, 2.05) is 13.8 Å². The van der Waals surface area contributed by atoms with Crippen molar-refractivity contribution in [3.8, 4) is 0 Å². The summed E-state index contributed by atoms with van der Waals surface area (Å²) in [6, 6.07) is 2.59. The van der Waals surface area contributed by atoms with Crippen molar-refractivity contribution in [3.63, 3.8) is 0 Å². The van der Waals surface area contributed by atoms with Crippen molar-refractivity contribution in [1.29, 1.82) is 0 Å². The summed E-state index contributed by atoms with van der Waals surface area (Å²) in [7, 11) is 0. The van der Waals surface area contributed by atoms with Gasteiger partial charge >= 0.3 is 12.1 Å². The number of nitrogens with one attached hydrogen (secondary N) is 1. The molecule has 0 aromatic heterocycles. The second-order valence-electron chi connectivity index (χ2n) is 7.37. The number of ether oxygens (including phenoxy) is 2. The molecule has 1 amide bonds. The van der Waals surface area contributed by atoms with E-state index in [0.29, 0.717) is 5.56 Å². The highest BCUT2D eigenvalue weighted by Gasteiger charge is 2.27. The number of hydrogen-bond donors (Lipinski definition) is 2. The van der Waals surface area contributed by atoms with Gasteiger partial charge in [0.2, 0.25) is 0 Å². The van der Waals surface area contributed by atoms with Crippen LogP contribution in [-0.4, -0.2) is 42.6 Å². The molecule has 150 valence electrons. The Hall–Kier alpha value is -2.41. The number of rotatable bonds is 7. The van der Waals surface area contributed by atoms with Crippen LogP contribution >= 0.6 is 0 Å². The van der Waals surface area contributed by atoms with E-state index in [1.54, 1.807) is 39.8 Å². The summed E-state index contributed by atoms with van der Waals surface area (Å²) in [6.07, 6.45) is -0.460. The second-order valence-corrected chi connectivity index (χ2v) is 7.37. The van der Waals surface area contributed by atoms with Crippen LogP contribution in [0.2, 0.25) is 0 Å². The molecule has 1 unspecified atom stereocenters. The van der Waals surface area contributed by atoms with Crippen molar-refractivity contribution in [2.24, 2.45) is 5.73 Å². The van der Waals surface area contributed by atoms with Crippen molar-refractivity contribution in [3.05, 3.63) is 34.4 Å². The minimum atomic E-state index is -0.895. The molecule has 0 saturated carbocycles. The van der Waals surface area contributed by atoms with Crippen LogP contribution in [0.15, 0.2) is 12.1 Å². The first kappa shape index (κ1) is 22.6. The van der Waals surface area contributed by atoms with Crippen molar-refractivity contribution in [2.45, 2.75) is 59.6 Å². The summed E-state index contributed by atoms with van der Waals surface area (Å²) in [5.41, 5.74) is 7.82. The van der Waals surface area contributed by atoms with Gasteiger partial charge in [-0.2, -0.15) is 0 Å². The Bertz CT molecular complexity index is 684. The van der Waals surface area contributed by atoms with E-state index in [4.69, 9.17) is 15.2 Å². The number of hydrogen-bond acceptors (Lipinski definition) is 6. The van der Waals surface area contributed by atoms with Crippen LogP contribution in [0.3, 0.4) is 0 Å². The topological polar surface area (TPSA) is 108 Å². The normalized spacial score (nSPS) is 12.3. The Labute approximate surface area is 160 Å². The average Bonchev–Trinajstić information content (AvgIpc) is 2.54. The molecule has 0 bridgehead atoms. The Kier molecular flexibility index (Phi) is 7.97. The Balaban J connectivity index is 3.10. The standard InChI is InChI=1S/C20H30N2O5/c1-7-26-18(24)16(22-19(25)27-20(4,5)6)10-15-12(2)8-14(9-13(15)3)17(23)11-21/h8-9,16H,7,10-11,21H2,1-6H3,(H,22,25). The first-order valence-corrected chi connectivity index (χ1v) is 8.98. The maximum absolute atomic E-state index is 12.3. The van der Waals surface area contributed by atoms with Crippen LogP contribution in [0.5, 0.6) is 0 Å². The third kappa shape index (κ3) is 7.02. The number of carbonyl (C=O) groups is 3. The molecule has 0 saturated heterocycles. The monoisotopic (exact) mass is 378 g/mol. The number of carbonyl (C=O) groups excluding carboxylic acids is 3. The molecule has 0 aliphatic rings. The van der Waals surface area contributed by atoms with E-state index in [9.17, 15) is 14.4 Å². The van der Waals surface area contributed by atoms with Crippen molar-refractivity contribution >= 4 is 17.8 Å². The molecule has 1 rings (SSSR count). The van der Waals surface area contributed by atoms with Gasteiger partial charge in [-0.15, -0.1) is 0 Å². The third-order valence-corrected chi connectivity index (χ3v) is 3.87. The summed E-state index contributed by atoms with van der Waals surface area (Å²) >= 11 is 0. The van der Waals surface area contributed by atoms with Crippen LogP contribution in [0.4, 0.5) is 4.79 Å². The first-order chi connectivity index (χ1) is 12.5. The van der Waals surface area contributed by atoms with Gasteiger partial charge in [-0.1, -0.05) is 0 Å². The Morgan fingerprint density at radius 1 is 1.15 bits per heavy atom. The number of esters is 1. The largest absolute Gasteiger partial charge is 0.464 e. The molecular weight excluding hydrogens is 348 g/mol. The summed E-state index contributed by atoms with van der Waals surface area (Å²) in [5, 5.41) is 2.59. The van der Waals surface area contributed by atoms with Gasteiger partial charge in [0.1, 0.15) is 11.6 Å². The number of alkyl carbamates (subject to hydrolysis) is 1. The smallest absolute Gasteiger partial charge is 0.408 e. The fraction of sp³-hybridized carbons (Fsp3) is 0.550. The molecule has 0 aliphatic heterocycles. The quantitative estimate of drug-likeness (QED) is 0.557. The highest BCUT2D eigenvalue weighted by atomic mass is 16.6. The fourth-order valence-electron chi connectivity index (χ4n) is 2.68. The molecular formula is C20H30N2O5. The van der Waals surface area contributed by atoms with E-state index < -0.39 is 23.7 Å². The van der Waals surface area contributed by atoms with Gasteiger partial charge in [-0.3, -0.25) is 4.79 Å². The number of aryl methyl sites for hydroxylation is 2. The lowest BCUT2D eigenvalue weighted by Gasteiger charge is -2.24. The molecule has 7 nitrogen and oxygen atoms in total. The van der Waals surface area contributed by atoms with Crippen LogP contribution < -0.4 is 11.1 Å². The molecule has 3 N–H and O–H groups in total. The van der Waals surface area contributed by atoms with Gasteiger partial charge in [0.15, 0.2) is 5.78 Å². The average molecular weight is 378 g/mol. The Morgan fingerprint density at radius 3 is 2.15 bits per heavy atom. The highest BCUT2D eigenvalue weighted by Crippen LogP contribution is 2.20. The van der Waals surface area contributed by atoms with Crippen LogP contribution in [0.25, 0.3) is 0 Å². The van der Waals surface area contributed by atoms with E-state index in [1.165, 1.54) is 0 Å². The van der Waals surface area contributed by atoms with E-state index in [-0.39, 0.29) is 25.4 Å². The van der Waals surface area contributed by atoms with Crippen LogP contribution in [0, 0.1) is 13.8 Å². The lowest BCUT2D eigenvalue weighted by molar-refractivity contribution is -0.145. The predicted molar refractivity (Wildman–Crippen MR) is 103 cm³/mol. The number of ketones is 1. The minimum Gasteiger partial charge on any atom is -0.464 e. The van der Waals surface area contributed by atoms with E-state index >= 15 is 0 Å². The molecule has 0 heterocycles. The van der Waals surface area contributed by atoms with Gasteiger partial charge in [-0.25, -0.2) is 9.59 Å². The number of Topliss-reactive ketones (excluding diaryl/α,β-unsaturated/α-hetero) is 1. The molecule has 0 spiro atoms. The molecule has 1 aromatic rings. The summed E-state index contributed by atoms with van der Waals surface area (Å²) in [5.74, 6) is -0.689. The molecule has 0 fully saturated rings. The lowest BCUT2D eigenvalue weighted by atomic mass is 9.93. The maximum Gasteiger partial charge on any atom is 0.408 e. The zero-order valence-electron chi connectivity index (χ0n) is 17.0. The molecule has 7 heteroatoms. The second kappa shape index (κ2) is 9.50. The summed E-state index contributed by atoms with van der Waals surface area (Å²) in [4.78, 5) is 36.3. The highest BCUT2D eigenvalue weighted by molar-refractivity contribution is 5.98. The van der Waals surface area contributed by atoms with E-state index in [0.717, 1.165) is 16.7 Å². The van der Waals surface area contributed by atoms with Gasteiger partial charge in [0, 0.05) is 12.0 Å². The molecule has 1 aromatic carbocycles. The van der Waals surface area contributed by atoms with Crippen LogP contribution in [0.1, 0.15) is 54.7 Å². The van der Waals surface area contributed by atoms with Gasteiger partial charge in [0.25, 0.3) is 0 Å². The zero-order valence-corrected chi connectivity index (χ0v) is 17.0. The molecule has 0 aliphatic carbocycles. The number of amides is 1. The van der Waals surface area contributed by atoms with Gasteiger partial charge < -0.3 is 20.5 Å². The molecule has 0 radical (unpaired) electrons. The summed E-state index contributed by atoms with van der Waals surface area (Å²) < 4.78 is 10.3. The van der Waals surface area contributed by atoms with Gasteiger partial charge in [0.05, 0.1) is 13.2 Å². The fourth-order valence-corrected chi connectivity index (χ4v) is 2.68. The third-order valence-electron chi connectivity index (χ3n) is 3.87. The van der Waals surface area contributed by atoms with Crippen molar-refractivity contribution in [2.75, 3.05) is 13.2 Å². The lowest BCUT2D eigenvalue weighted by Crippen LogP contribution is -2.45. The van der Waals surface area contributed by atoms with Crippen LogP contribution in [-0.2, 0) is 20.7 Å². The van der Waals surface area contributed by atoms with Crippen molar-refractivity contribution < 1.29 is 23.9 Å². The SMILES string of the molecule is CCOC(=O)C(Cc1c(C)cc(C(=O)CN)cc1C)NC(=O)OC(C)(C)C. The number of benzene rings is 1.